The molecule has 3 heterocycles. The number of rotatable bonds is 4. The van der Waals surface area contributed by atoms with Gasteiger partial charge in [-0.15, -0.1) is 0 Å². The first-order chi connectivity index (χ1) is 13.5. The lowest BCUT2D eigenvalue weighted by Crippen LogP contribution is -2.45. The molecule has 5 nitrogen and oxygen atoms in total. The number of halogens is 2. The first-order valence-corrected chi connectivity index (χ1v) is 11.1. The Morgan fingerprint density at radius 1 is 0.964 bits per heavy atom. The molecule has 1 atom stereocenters. The molecule has 0 radical (unpaired) electrons. The van der Waals surface area contributed by atoms with Crippen molar-refractivity contribution in [3.8, 4) is 0 Å². The Kier molecular flexibility index (Phi) is 6.14. The fourth-order valence-corrected chi connectivity index (χ4v) is 5.00. The molecule has 3 aliphatic heterocycles. The standard InChI is InChI=1S/C21H27Cl2N3O2/c22-18-4-3-16(13-19(18)23)26-12-7-17(21(26)28)20(27)25-10-5-15(6-11-25)14-24-8-1-2-9-24/h3-4,13,15,17H,1-2,5-12,14H2. The van der Waals surface area contributed by atoms with Crippen LogP contribution in [-0.2, 0) is 9.59 Å². The van der Waals surface area contributed by atoms with Gasteiger partial charge in [0.2, 0.25) is 11.8 Å². The van der Waals surface area contributed by atoms with Gasteiger partial charge in [0.15, 0.2) is 0 Å². The van der Waals surface area contributed by atoms with E-state index in [0.29, 0.717) is 34.6 Å². The molecule has 4 rings (SSSR count). The molecule has 3 fully saturated rings. The highest BCUT2D eigenvalue weighted by Crippen LogP contribution is 2.32. The molecule has 0 saturated carbocycles. The lowest BCUT2D eigenvalue weighted by atomic mass is 9.95. The minimum absolute atomic E-state index is 0.00724. The van der Waals surface area contributed by atoms with Gasteiger partial charge in [-0.1, -0.05) is 23.2 Å². The number of hydrogen-bond acceptors (Lipinski definition) is 3. The number of amides is 2. The molecule has 0 N–H and O–H groups in total. The highest BCUT2D eigenvalue weighted by atomic mass is 35.5. The molecule has 1 unspecified atom stereocenters. The predicted octanol–water partition coefficient (Wildman–Crippen LogP) is 3.68. The zero-order valence-electron chi connectivity index (χ0n) is 16.1. The van der Waals surface area contributed by atoms with Crippen molar-refractivity contribution in [2.45, 2.75) is 32.1 Å². The monoisotopic (exact) mass is 423 g/mol. The van der Waals surface area contributed by atoms with E-state index in [1.165, 1.54) is 25.9 Å². The van der Waals surface area contributed by atoms with Gasteiger partial charge in [0.05, 0.1) is 10.0 Å². The number of carbonyl (C=O) groups is 2. The summed E-state index contributed by atoms with van der Waals surface area (Å²) < 4.78 is 0. The van der Waals surface area contributed by atoms with Crippen molar-refractivity contribution in [2.24, 2.45) is 11.8 Å². The number of benzene rings is 1. The fourth-order valence-electron chi connectivity index (χ4n) is 4.71. The smallest absolute Gasteiger partial charge is 0.239 e. The van der Waals surface area contributed by atoms with Gasteiger partial charge in [0.25, 0.3) is 0 Å². The Balaban J connectivity index is 1.32. The van der Waals surface area contributed by atoms with Gasteiger partial charge in [-0.3, -0.25) is 9.59 Å². The summed E-state index contributed by atoms with van der Waals surface area (Å²) in [7, 11) is 0. The van der Waals surface area contributed by atoms with Crippen LogP contribution in [-0.4, -0.2) is 60.9 Å². The Hall–Kier alpha value is -1.30. The summed E-state index contributed by atoms with van der Waals surface area (Å²) in [6, 6.07) is 5.16. The van der Waals surface area contributed by atoms with Crippen molar-refractivity contribution in [1.82, 2.24) is 9.80 Å². The second-order valence-electron chi connectivity index (χ2n) is 8.21. The Morgan fingerprint density at radius 3 is 2.36 bits per heavy atom. The van der Waals surface area contributed by atoms with Gasteiger partial charge >= 0.3 is 0 Å². The van der Waals surface area contributed by atoms with Gasteiger partial charge in [0.1, 0.15) is 5.92 Å². The van der Waals surface area contributed by atoms with E-state index in [2.05, 4.69) is 4.90 Å². The van der Waals surface area contributed by atoms with Crippen LogP contribution >= 0.6 is 23.2 Å². The zero-order chi connectivity index (χ0) is 19.7. The lowest BCUT2D eigenvalue weighted by Gasteiger charge is -2.34. The summed E-state index contributed by atoms with van der Waals surface area (Å²) in [5.41, 5.74) is 0.707. The Labute approximate surface area is 176 Å². The fraction of sp³-hybridized carbons (Fsp3) is 0.619. The second-order valence-corrected chi connectivity index (χ2v) is 9.02. The first kappa shape index (κ1) is 20.0. The molecule has 1 aromatic carbocycles. The van der Waals surface area contributed by atoms with E-state index in [0.717, 1.165) is 32.5 Å². The van der Waals surface area contributed by atoms with Crippen molar-refractivity contribution in [3.05, 3.63) is 28.2 Å². The summed E-state index contributed by atoms with van der Waals surface area (Å²) in [4.78, 5) is 32.0. The minimum atomic E-state index is -0.565. The summed E-state index contributed by atoms with van der Waals surface area (Å²) >= 11 is 12.1. The number of anilines is 1. The van der Waals surface area contributed by atoms with E-state index >= 15 is 0 Å². The summed E-state index contributed by atoms with van der Waals surface area (Å²) in [5, 5.41) is 0.878. The number of likely N-dealkylation sites (tertiary alicyclic amines) is 2. The van der Waals surface area contributed by atoms with Crippen LogP contribution in [0.1, 0.15) is 32.1 Å². The molecule has 1 aromatic rings. The third-order valence-electron chi connectivity index (χ3n) is 6.36. The number of nitrogens with zero attached hydrogens (tertiary/aromatic N) is 3. The quantitative estimate of drug-likeness (QED) is 0.693. The maximum atomic E-state index is 13.0. The van der Waals surface area contributed by atoms with E-state index in [4.69, 9.17) is 23.2 Å². The molecule has 7 heteroatoms. The van der Waals surface area contributed by atoms with Crippen molar-refractivity contribution >= 4 is 40.7 Å². The van der Waals surface area contributed by atoms with Gasteiger partial charge < -0.3 is 14.7 Å². The third kappa shape index (κ3) is 4.17. The highest BCUT2D eigenvalue weighted by Gasteiger charge is 2.40. The van der Waals surface area contributed by atoms with E-state index in [9.17, 15) is 9.59 Å². The van der Waals surface area contributed by atoms with Crippen LogP contribution in [0, 0.1) is 11.8 Å². The zero-order valence-corrected chi connectivity index (χ0v) is 17.6. The molecule has 3 saturated heterocycles. The van der Waals surface area contributed by atoms with Crippen LogP contribution in [0.4, 0.5) is 5.69 Å². The van der Waals surface area contributed by atoms with E-state index in [-0.39, 0.29) is 11.8 Å². The van der Waals surface area contributed by atoms with Crippen LogP contribution in [0.15, 0.2) is 18.2 Å². The summed E-state index contributed by atoms with van der Waals surface area (Å²) in [6.45, 7) is 5.69. The molecule has 3 aliphatic rings. The highest BCUT2D eigenvalue weighted by molar-refractivity contribution is 6.42. The molecule has 28 heavy (non-hydrogen) atoms. The Bertz CT molecular complexity index is 743. The minimum Gasteiger partial charge on any atom is -0.342 e. The third-order valence-corrected chi connectivity index (χ3v) is 7.10. The average Bonchev–Trinajstić information content (AvgIpc) is 3.34. The number of carbonyl (C=O) groups excluding carboxylic acids is 2. The normalized spacial score (nSPS) is 24.4. The SMILES string of the molecule is O=C(C1CCN(c2ccc(Cl)c(Cl)c2)C1=O)N1CCC(CN2CCCC2)CC1. The molecule has 0 aromatic heterocycles. The summed E-state index contributed by atoms with van der Waals surface area (Å²) in [5.74, 6) is -0.0199. The van der Waals surface area contributed by atoms with Crippen LogP contribution in [0.2, 0.25) is 10.0 Å². The van der Waals surface area contributed by atoms with Crippen LogP contribution < -0.4 is 4.90 Å². The van der Waals surface area contributed by atoms with Crippen molar-refractivity contribution in [2.75, 3.05) is 44.2 Å². The molecule has 2 amide bonds. The van der Waals surface area contributed by atoms with Crippen LogP contribution in [0.5, 0.6) is 0 Å². The second kappa shape index (κ2) is 8.60. The van der Waals surface area contributed by atoms with Gasteiger partial charge in [-0.2, -0.15) is 0 Å². The van der Waals surface area contributed by atoms with Gasteiger partial charge in [-0.05, 0) is 69.3 Å². The van der Waals surface area contributed by atoms with Crippen molar-refractivity contribution in [1.29, 1.82) is 0 Å². The van der Waals surface area contributed by atoms with Gasteiger partial charge in [-0.25, -0.2) is 0 Å². The first-order valence-electron chi connectivity index (χ1n) is 10.3. The number of hydrogen-bond donors (Lipinski definition) is 0. The van der Waals surface area contributed by atoms with E-state index in [1.54, 1.807) is 23.1 Å². The predicted molar refractivity (Wildman–Crippen MR) is 112 cm³/mol. The lowest BCUT2D eigenvalue weighted by molar-refractivity contribution is -0.141. The molecular weight excluding hydrogens is 397 g/mol. The molecule has 0 aliphatic carbocycles. The Morgan fingerprint density at radius 2 is 1.68 bits per heavy atom. The molecule has 152 valence electrons. The number of piperidine rings is 1. The molecular formula is C21H27Cl2N3O2. The average molecular weight is 424 g/mol. The molecule has 0 bridgehead atoms. The maximum absolute atomic E-state index is 13.0. The topological polar surface area (TPSA) is 43.9 Å². The van der Waals surface area contributed by atoms with E-state index < -0.39 is 5.92 Å². The van der Waals surface area contributed by atoms with Crippen molar-refractivity contribution in [3.63, 3.8) is 0 Å². The van der Waals surface area contributed by atoms with Crippen LogP contribution in [0.3, 0.4) is 0 Å². The molecule has 0 spiro atoms. The summed E-state index contributed by atoms with van der Waals surface area (Å²) in [6.07, 6.45) is 5.28. The largest absolute Gasteiger partial charge is 0.342 e. The van der Waals surface area contributed by atoms with E-state index in [1.807, 2.05) is 4.90 Å². The van der Waals surface area contributed by atoms with Gasteiger partial charge in [0, 0.05) is 31.9 Å². The van der Waals surface area contributed by atoms with Crippen molar-refractivity contribution < 1.29 is 9.59 Å². The maximum Gasteiger partial charge on any atom is 0.239 e. The van der Waals surface area contributed by atoms with Crippen LogP contribution in [0.25, 0.3) is 0 Å².